The van der Waals surface area contributed by atoms with Gasteiger partial charge in [0.25, 0.3) is 0 Å². The monoisotopic (exact) mass is 482 g/mol. The van der Waals surface area contributed by atoms with Crippen LogP contribution in [0.25, 0.3) is 5.82 Å². The van der Waals surface area contributed by atoms with E-state index in [0.717, 1.165) is 6.42 Å². The zero-order chi connectivity index (χ0) is 24.2. The van der Waals surface area contributed by atoms with Crippen LogP contribution in [-0.2, 0) is 19.1 Å². The van der Waals surface area contributed by atoms with E-state index in [9.17, 15) is 14.7 Å². The SMILES string of the molecule is CC1=C(N2CCC3(CC4COCC(C3)N4CC(O)c3cnc(-n4cnnn4)cn3)C2=O)COC1=O. The van der Waals surface area contributed by atoms with Gasteiger partial charge < -0.3 is 19.5 Å². The number of likely N-dealkylation sites (tertiary alicyclic amines) is 1. The Morgan fingerprint density at radius 2 is 2.00 bits per heavy atom. The molecule has 6 heterocycles. The van der Waals surface area contributed by atoms with Gasteiger partial charge in [-0.2, -0.15) is 4.68 Å². The predicted octanol–water partition coefficient (Wildman–Crippen LogP) is -0.602. The quantitative estimate of drug-likeness (QED) is 0.544. The number of tetrazole rings is 1. The number of ether oxygens (including phenoxy) is 2. The molecule has 3 atom stereocenters. The molecule has 4 aliphatic rings. The maximum absolute atomic E-state index is 13.6. The lowest BCUT2D eigenvalue weighted by Gasteiger charge is -2.52. The Bertz CT molecular complexity index is 1150. The van der Waals surface area contributed by atoms with E-state index in [2.05, 4.69) is 30.4 Å². The van der Waals surface area contributed by atoms with Gasteiger partial charge in [-0.1, -0.05) is 0 Å². The number of esters is 1. The molecule has 1 spiro atoms. The van der Waals surface area contributed by atoms with Crippen molar-refractivity contribution in [2.24, 2.45) is 5.41 Å². The predicted molar refractivity (Wildman–Crippen MR) is 116 cm³/mol. The van der Waals surface area contributed by atoms with Gasteiger partial charge in [0.1, 0.15) is 19.0 Å². The summed E-state index contributed by atoms with van der Waals surface area (Å²) < 4.78 is 12.4. The maximum Gasteiger partial charge on any atom is 0.336 e. The van der Waals surface area contributed by atoms with Gasteiger partial charge in [0.15, 0.2) is 5.82 Å². The zero-order valence-electron chi connectivity index (χ0n) is 19.3. The molecule has 6 rings (SSSR count). The molecule has 2 bridgehead atoms. The minimum absolute atomic E-state index is 0.00559. The molecule has 2 aromatic heterocycles. The number of aromatic nitrogens is 6. The highest BCUT2D eigenvalue weighted by Gasteiger charge is 2.56. The summed E-state index contributed by atoms with van der Waals surface area (Å²) in [5, 5.41) is 21.9. The summed E-state index contributed by atoms with van der Waals surface area (Å²) in [6.07, 6.45) is 5.67. The fraction of sp³-hybridized carbons (Fsp3) is 0.591. The van der Waals surface area contributed by atoms with Crippen LogP contribution in [0.15, 0.2) is 30.0 Å². The molecule has 1 N–H and O–H groups in total. The highest BCUT2D eigenvalue weighted by Crippen LogP contribution is 2.49. The number of morpholine rings is 1. The molecular formula is C22H26N8O5. The normalized spacial score (nSPS) is 29.8. The van der Waals surface area contributed by atoms with Gasteiger partial charge in [0.2, 0.25) is 5.91 Å². The van der Waals surface area contributed by atoms with Crippen molar-refractivity contribution in [1.82, 2.24) is 40.0 Å². The molecule has 3 fully saturated rings. The van der Waals surface area contributed by atoms with Crippen molar-refractivity contribution < 1.29 is 24.2 Å². The molecule has 4 aliphatic heterocycles. The molecule has 3 saturated heterocycles. The van der Waals surface area contributed by atoms with Crippen LogP contribution in [0.5, 0.6) is 0 Å². The number of hydrogen-bond donors (Lipinski definition) is 1. The summed E-state index contributed by atoms with van der Waals surface area (Å²) in [5.41, 5.74) is 1.19. The van der Waals surface area contributed by atoms with E-state index in [0.29, 0.717) is 61.9 Å². The molecule has 2 aromatic rings. The minimum Gasteiger partial charge on any atom is -0.456 e. The number of carbonyl (C=O) groups is 2. The molecule has 0 aliphatic carbocycles. The van der Waals surface area contributed by atoms with Crippen molar-refractivity contribution in [1.29, 1.82) is 0 Å². The standard InChI is InChI=1S/C22H26N8O5/c1-13-17(11-35-20(13)32)28-3-2-22(21(28)33)4-14-9-34-10-15(5-22)29(14)8-18(31)16-6-24-19(7-23-16)30-12-25-26-27-30/h6-7,12,14-15,18,31H,2-5,8-11H2,1H3. The summed E-state index contributed by atoms with van der Waals surface area (Å²) in [6, 6.07) is 0.0112. The molecule has 184 valence electrons. The second-order valence-corrected chi connectivity index (χ2v) is 9.65. The highest BCUT2D eigenvalue weighted by atomic mass is 16.5. The number of piperidine rings is 1. The third-order valence-corrected chi connectivity index (χ3v) is 7.70. The van der Waals surface area contributed by atoms with E-state index in [4.69, 9.17) is 9.47 Å². The Morgan fingerprint density at radius 1 is 1.20 bits per heavy atom. The van der Waals surface area contributed by atoms with E-state index < -0.39 is 11.5 Å². The topological polar surface area (TPSA) is 149 Å². The van der Waals surface area contributed by atoms with Crippen LogP contribution in [0, 0.1) is 5.41 Å². The van der Waals surface area contributed by atoms with Crippen molar-refractivity contribution in [3.8, 4) is 5.82 Å². The van der Waals surface area contributed by atoms with Crippen molar-refractivity contribution >= 4 is 11.9 Å². The van der Waals surface area contributed by atoms with Crippen molar-refractivity contribution in [3.05, 3.63) is 35.7 Å². The molecule has 3 unspecified atom stereocenters. The average molecular weight is 483 g/mol. The third kappa shape index (κ3) is 3.70. The summed E-state index contributed by atoms with van der Waals surface area (Å²) >= 11 is 0. The van der Waals surface area contributed by atoms with Gasteiger partial charge in [-0.05, 0) is 36.6 Å². The van der Waals surface area contributed by atoms with Gasteiger partial charge in [-0.3, -0.25) is 14.7 Å². The van der Waals surface area contributed by atoms with Gasteiger partial charge in [-0.25, -0.2) is 9.78 Å². The first-order valence-electron chi connectivity index (χ1n) is 11.7. The van der Waals surface area contributed by atoms with Gasteiger partial charge in [0.05, 0.1) is 48.0 Å². The second-order valence-electron chi connectivity index (χ2n) is 9.65. The Balaban J connectivity index is 1.16. The van der Waals surface area contributed by atoms with Crippen LogP contribution in [0.2, 0.25) is 0 Å². The molecular weight excluding hydrogens is 456 g/mol. The van der Waals surface area contributed by atoms with Crippen LogP contribution in [-0.4, -0.2) is 102 Å². The van der Waals surface area contributed by atoms with Gasteiger partial charge >= 0.3 is 5.97 Å². The summed E-state index contributed by atoms with van der Waals surface area (Å²) in [5.74, 6) is 0.184. The number of hydrogen-bond acceptors (Lipinski definition) is 11. The first-order valence-corrected chi connectivity index (χ1v) is 11.7. The van der Waals surface area contributed by atoms with Crippen LogP contribution in [0.3, 0.4) is 0 Å². The molecule has 0 radical (unpaired) electrons. The van der Waals surface area contributed by atoms with Crippen LogP contribution < -0.4 is 0 Å². The Morgan fingerprint density at radius 3 is 2.63 bits per heavy atom. The van der Waals surface area contributed by atoms with Crippen LogP contribution in [0.1, 0.15) is 38.0 Å². The minimum atomic E-state index is -0.840. The first kappa shape index (κ1) is 22.2. The number of rotatable bonds is 5. The Labute approximate surface area is 200 Å². The molecule has 1 amide bonds. The summed E-state index contributed by atoms with van der Waals surface area (Å²) in [4.78, 5) is 38.1. The number of nitrogens with zero attached hydrogens (tertiary/aromatic N) is 8. The van der Waals surface area contributed by atoms with Crippen LogP contribution >= 0.6 is 0 Å². The number of cyclic esters (lactones) is 1. The lowest BCUT2D eigenvalue weighted by Crippen LogP contribution is -2.61. The first-order chi connectivity index (χ1) is 16.9. The van der Waals surface area contributed by atoms with E-state index in [-0.39, 0.29) is 30.6 Å². The largest absolute Gasteiger partial charge is 0.456 e. The average Bonchev–Trinajstić information content (AvgIpc) is 3.57. The van der Waals surface area contributed by atoms with E-state index >= 15 is 0 Å². The van der Waals surface area contributed by atoms with Gasteiger partial charge in [0, 0.05) is 25.2 Å². The number of aliphatic hydroxyl groups is 1. The van der Waals surface area contributed by atoms with Crippen molar-refractivity contribution in [3.63, 3.8) is 0 Å². The Hall–Kier alpha value is -3.29. The number of fused-ring (bicyclic) bond motifs is 2. The molecule has 13 nitrogen and oxygen atoms in total. The summed E-state index contributed by atoms with van der Waals surface area (Å²) in [6.45, 7) is 3.85. The maximum atomic E-state index is 13.6. The third-order valence-electron chi connectivity index (χ3n) is 7.70. The molecule has 35 heavy (non-hydrogen) atoms. The number of aliphatic hydroxyl groups excluding tert-OH is 1. The summed E-state index contributed by atoms with van der Waals surface area (Å²) in [7, 11) is 0. The van der Waals surface area contributed by atoms with E-state index in [1.807, 2.05) is 0 Å². The number of amides is 1. The molecule has 0 saturated carbocycles. The fourth-order valence-electron chi connectivity index (χ4n) is 5.85. The highest BCUT2D eigenvalue weighted by molar-refractivity contribution is 5.94. The van der Waals surface area contributed by atoms with Crippen LogP contribution in [0.4, 0.5) is 0 Å². The molecule has 0 aromatic carbocycles. The van der Waals surface area contributed by atoms with E-state index in [1.54, 1.807) is 11.8 Å². The lowest BCUT2D eigenvalue weighted by atomic mass is 9.70. The van der Waals surface area contributed by atoms with E-state index in [1.165, 1.54) is 23.4 Å². The number of carbonyl (C=O) groups excluding carboxylic acids is 2. The smallest absolute Gasteiger partial charge is 0.336 e. The Kier molecular flexibility index (Phi) is 5.34. The second kappa shape index (κ2) is 8.43. The molecule has 13 heteroatoms. The van der Waals surface area contributed by atoms with Gasteiger partial charge in [-0.15, -0.1) is 5.10 Å². The fourth-order valence-corrected chi connectivity index (χ4v) is 5.85. The van der Waals surface area contributed by atoms with Crippen molar-refractivity contribution in [2.75, 3.05) is 32.9 Å². The zero-order valence-corrected chi connectivity index (χ0v) is 19.3. The lowest BCUT2D eigenvalue weighted by molar-refractivity contribution is -0.152. The van der Waals surface area contributed by atoms with Crippen molar-refractivity contribution in [2.45, 2.75) is 44.4 Å².